The van der Waals surface area contributed by atoms with Crippen LogP contribution >= 0.6 is 0 Å². The lowest BCUT2D eigenvalue weighted by molar-refractivity contribution is 0.0696. The molecule has 0 atom stereocenters. The van der Waals surface area contributed by atoms with Gasteiger partial charge in [-0.15, -0.1) is 0 Å². The summed E-state index contributed by atoms with van der Waals surface area (Å²) in [5.74, 6) is -1.20. The van der Waals surface area contributed by atoms with Gasteiger partial charge in [-0.25, -0.2) is 4.79 Å². The third kappa shape index (κ3) is 3.62. The Balaban J connectivity index is 2.04. The van der Waals surface area contributed by atoms with Crippen molar-refractivity contribution in [3.05, 3.63) is 58.4 Å². The second-order valence-electron chi connectivity index (χ2n) is 4.67. The first kappa shape index (κ1) is 14.6. The molecule has 2 N–H and O–H groups in total. The molecule has 108 valence electrons. The zero-order valence-corrected chi connectivity index (χ0v) is 11.8. The maximum absolute atomic E-state index is 12.1. The summed E-state index contributed by atoms with van der Waals surface area (Å²) in [6.07, 6.45) is 0. The first-order valence-corrected chi connectivity index (χ1v) is 6.38. The van der Waals surface area contributed by atoms with E-state index in [0.29, 0.717) is 23.5 Å². The first-order valence-electron chi connectivity index (χ1n) is 6.38. The van der Waals surface area contributed by atoms with E-state index in [4.69, 9.17) is 5.11 Å². The third-order valence-corrected chi connectivity index (χ3v) is 3.00. The van der Waals surface area contributed by atoms with Gasteiger partial charge in [-0.3, -0.25) is 4.79 Å². The van der Waals surface area contributed by atoms with Crippen molar-refractivity contribution in [2.45, 2.75) is 20.4 Å². The van der Waals surface area contributed by atoms with E-state index < -0.39 is 5.97 Å². The normalized spacial score (nSPS) is 10.2. The van der Waals surface area contributed by atoms with E-state index in [1.165, 1.54) is 12.1 Å². The molecule has 6 heteroatoms. The summed E-state index contributed by atoms with van der Waals surface area (Å²) < 4.78 is 0. The van der Waals surface area contributed by atoms with Crippen LogP contribution in [0.5, 0.6) is 0 Å². The fourth-order valence-electron chi connectivity index (χ4n) is 1.82. The highest BCUT2D eigenvalue weighted by Crippen LogP contribution is 2.07. The molecule has 1 heterocycles. The maximum atomic E-state index is 12.1. The van der Waals surface area contributed by atoms with Crippen LogP contribution in [0.3, 0.4) is 0 Å². The topological polar surface area (TPSA) is 92.2 Å². The number of nitrogens with one attached hydrogen (secondary N) is 1. The molecule has 0 fully saturated rings. The minimum atomic E-state index is -0.973. The molecule has 0 bridgehead atoms. The fraction of sp³-hybridized carbons (Fsp3) is 0.200. The van der Waals surface area contributed by atoms with Gasteiger partial charge >= 0.3 is 5.97 Å². The summed E-state index contributed by atoms with van der Waals surface area (Å²) in [4.78, 5) is 22.8. The van der Waals surface area contributed by atoms with Gasteiger partial charge in [0.1, 0.15) is 0 Å². The minimum absolute atomic E-state index is 0.217. The molecular formula is C15H15N3O3. The number of carbonyl (C=O) groups excluding carboxylic acids is 1. The third-order valence-electron chi connectivity index (χ3n) is 3.00. The summed E-state index contributed by atoms with van der Waals surface area (Å²) in [5.41, 5.74) is 2.78. The maximum Gasteiger partial charge on any atom is 0.335 e. The molecule has 0 aliphatic rings. The molecule has 6 nitrogen and oxygen atoms in total. The van der Waals surface area contributed by atoms with Crippen molar-refractivity contribution in [2.24, 2.45) is 0 Å². The summed E-state index contributed by atoms with van der Waals surface area (Å²) in [5, 5.41) is 19.4. The second-order valence-corrected chi connectivity index (χ2v) is 4.67. The lowest BCUT2D eigenvalue weighted by atomic mass is 10.1. The molecule has 0 unspecified atom stereocenters. The van der Waals surface area contributed by atoms with E-state index >= 15 is 0 Å². The smallest absolute Gasteiger partial charge is 0.335 e. The molecule has 0 aliphatic carbocycles. The van der Waals surface area contributed by atoms with E-state index in [1.807, 2.05) is 0 Å². The fourth-order valence-corrected chi connectivity index (χ4v) is 1.82. The van der Waals surface area contributed by atoms with Crippen LogP contribution in [0.1, 0.15) is 37.7 Å². The zero-order valence-electron chi connectivity index (χ0n) is 11.8. The van der Waals surface area contributed by atoms with Crippen molar-refractivity contribution in [1.82, 2.24) is 15.5 Å². The van der Waals surface area contributed by atoms with Crippen LogP contribution in [0.15, 0.2) is 30.3 Å². The lowest BCUT2D eigenvalue weighted by Crippen LogP contribution is -2.24. The predicted molar refractivity (Wildman–Crippen MR) is 76.1 cm³/mol. The number of carboxylic acids is 1. The Morgan fingerprint density at radius 2 is 1.81 bits per heavy atom. The Morgan fingerprint density at radius 1 is 1.14 bits per heavy atom. The molecule has 0 saturated carbocycles. The first-order chi connectivity index (χ1) is 9.97. The molecule has 2 rings (SSSR count). The van der Waals surface area contributed by atoms with Crippen molar-refractivity contribution >= 4 is 11.9 Å². The summed E-state index contributed by atoms with van der Waals surface area (Å²) >= 11 is 0. The molecule has 0 radical (unpaired) electrons. The van der Waals surface area contributed by atoms with Gasteiger partial charge in [0.05, 0.1) is 22.5 Å². The monoisotopic (exact) mass is 285 g/mol. The summed E-state index contributed by atoms with van der Waals surface area (Å²) in [6, 6.07) is 8.05. The number of hydrogen-bond acceptors (Lipinski definition) is 4. The van der Waals surface area contributed by atoms with E-state index in [1.54, 1.807) is 32.0 Å². The Bertz CT molecular complexity index is 681. The molecule has 0 spiro atoms. The molecular weight excluding hydrogens is 270 g/mol. The Hall–Kier alpha value is -2.76. The number of hydrogen-bond donors (Lipinski definition) is 2. The number of aromatic nitrogens is 2. The SMILES string of the molecule is Cc1cc(C(=O)NCc2ccc(C(=O)O)cc2)c(C)nn1. The molecule has 1 aromatic carbocycles. The molecule has 1 amide bonds. The van der Waals surface area contributed by atoms with Gasteiger partial charge in [0, 0.05) is 6.54 Å². The number of aromatic carboxylic acids is 1. The Morgan fingerprint density at radius 3 is 2.43 bits per heavy atom. The Labute approximate surface area is 121 Å². The average Bonchev–Trinajstić information content (AvgIpc) is 2.47. The Kier molecular flexibility index (Phi) is 4.27. The average molecular weight is 285 g/mol. The summed E-state index contributed by atoms with van der Waals surface area (Å²) in [6.45, 7) is 3.82. The van der Waals surface area contributed by atoms with Crippen LogP contribution in [-0.4, -0.2) is 27.2 Å². The second kappa shape index (κ2) is 6.13. The standard InChI is InChI=1S/C15H15N3O3/c1-9-7-13(10(2)18-17-9)14(19)16-8-11-3-5-12(6-4-11)15(20)21/h3-7H,8H2,1-2H3,(H,16,19)(H,20,21). The number of rotatable bonds is 4. The van der Waals surface area contributed by atoms with Crippen LogP contribution in [0.2, 0.25) is 0 Å². The van der Waals surface area contributed by atoms with Crippen molar-refractivity contribution in [3.8, 4) is 0 Å². The zero-order chi connectivity index (χ0) is 15.4. The van der Waals surface area contributed by atoms with Crippen LogP contribution in [0.25, 0.3) is 0 Å². The number of benzene rings is 1. The molecule has 21 heavy (non-hydrogen) atoms. The highest BCUT2D eigenvalue weighted by atomic mass is 16.4. The molecule has 0 aliphatic heterocycles. The molecule has 0 saturated heterocycles. The number of aryl methyl sites for hydroxylation is 2. The predicted octanol–water partition coefficient (Wildman–Crippen LogP) is 1.72. The minimum Gasteiger partial charge on any atom is -0.478 e. The van der Waals surface area contributed by atoms with E-state index in [2.05, 4.69) is 15.5 Å². The van der Waals surface area contributed by atoms with E-state index in [0.717, 1.165) is 5.56 Å². The van der Waals surface area contributed by atoms with Crippen molar-refractivity contribution in [1.29, 1.82) is 0 Å². The number of carboxylic acid groups (broad SMARTS) is 1. The highest BCUT2D eigenvalue weighted by molar-refractivity contribution is 5.95. The largest absolute Gasteiger partial charge is 0.478 e. The number of carbonyl (C=O) groups is 2. The van der Waals surface area contributed by atoms with Gasteiger partial charge in [-0.2, -0.15) is 10.2 Å². The van der Waals surface area contributed by atoms with Gasteiger partial charge in [0.2, 0.25) is 0 Å². The quantitative estimate of drug-likeness (QED) is 0.892. The van der Waals surface area contributed by atoms with Crippen LogP contribution < -0.4 is 5.32 Å². The van der Waals surface area contributed by atoms with E-state index in [9.17, 15) is 9.59 Å². The van der Waals surface area contributed by atoms with Gasteiger partial charge in [0.15, 0.2) is 0 Å². The van der Waals surface area contributed by atoms with Crippen molar-refractivity contribution < 1.29 is 14.7 Å². The van der Waals surface area contributed by atoms with Crippen LogP contribution in [-0.2, 0) is 6.54 Å². The van der Waals surface area contributed by atoms with Gasteiger partial charge in [0.25, 0.3) is 5.91 Å². The van der Waals surface area contributed by atoms with Gasteiger partial charge in [-0.1, -0.05) is 12.1 Å². The number of amides is 1. The molecule has 1 aromatic heterocycles. The van der Waals surface area contributed by atoms with Gasteiger partial charge in [-0.05, 0) is 37.6 Å². The molecule has 2 aromatic rings. The number of nitrogens with zero attached hydrogens (tertiary/aromatic N) is 2. The van der Waals surface area contributed by atoms with E-state index in [-0.39, 0.29) is 11.5 Å². The summed E-state index contributed by atoms with van der Waals surface area (Å²) in [7, 11) is 0. The lowest BCUT2D eigenvalue weighted by Gasteiger charge is -2.07. The van der Waals surface area contributed by atoms with Crippen LogP contribution in [0.4, 0.5) is 0 Å². The van der Waals surface area contributed by atoms with Crippen molar-refractivity contribution in [3.63, 3.8) is 0 Å². The van der Waals surface area contributed by atoms with Gasteiger partial charge < -0.3 is 10.4 Å². The van der Waals surface area contributed by atoms with Crippen LogP contribution in [0, 0.1) is 13.8 Å². The highest BCUT2D eigenvalue weighted by Gasteiger charge is 2.11. The van der Waals surface area contributed by atoms with Crippen molar-refractivity contribution in [2.75, 3.05) is 0 Å².